The van der Waals surface area contributed by atoms with Crippen molar-refractivity contribution in [1.29, 1.82) is 0 Å². The van der Waals surface area contributed by atoms with Crippen LogP contribution in [0.5, 0.6) is 0 Å². The average molecular weight is 452 g/mol. The van der Waals surface area contributed by atoms with Gasteiger partial charge in [-0.15, -0.1) is 0 Å². The number of rotatable bonds is 7. The summed E-state index contributed by atoms with van der Waals surface area (Å²) in [5.74, 6) is 0.0302. The molecule has 2 amide bonds. The second-order valence-electron chi connectivity index (χ2n) is 10.3. The van der Waals surface area contributed by atoms with Crippen molar-refractivity contribution in [1.82, 2.24) is 15.6 Å². The fourth-order valence-corrected chi connectivity index (χ4v) is 6.81. The molecule has 4 aliphatic rings. The van der Waals surface area contributed by atoms with E-state index in [0.29, 0.717) is 42.4 Å². The van der Waals surface area contributed by atoms with E-state index in [1.807, 2.05) is 12.1 Å². The highest BCUT2D eigenvalue weighted by Crippen LogP contribution is 2.57. The summed E-state index contributed by atoms with van der Waals surface area (Å²) in [6.45, 7) is 0.0907. The standard InChI is InChI=1S/C26H30FN3O3/c27-20-5-1-4-19(11-20)23(32)29-25-12-17-10-18(13-25)15-26(14-17,16-25)30-24(33)22-8-2-6-21(28-22)7-3-9-31/h1-2,4-6,8,11,17-18,31H,3,7,9-10,12-16H2,(H,29,32)(H,30,33). The van der Waals surface area contributed by atoms with Crippen LogP contribution < -0.4 is 10.6 Å². The number of benzene rings is 1. The first-order valence-electron chi connectivity index (χ1n) is 11.9. The maximum absolute atomic E-state index is 13.6. The largest absolute Gasteiger partial charge is 0.396 e. The Morgan fingerprint density at radius 2 is 1.67 bits per heavy atom. The molecule has 2 aromatic rings. The summed E-state index contributed by atoms with van der Waals surface area (Å²) in [4.78, 5) is 30.6. The van der Waals surface area contributed by atoms with Crippen molar-refractivity contribution < 1.29 is 19.1 Å². The molecule has 4 saturated carbocycles. The van der Waals surface area contributed by atoms with Crippen LogP contribution in [0.2, 0.25) is 0 Å². The Balaban J connectivity index is 1.34. The van der Waals surface area contributed by atoms with E-state index in [2.05, 4.69) is 15.6 Å². The number of carbonyl (C=O) groups is 2. The van der Waals surface area contributed by atoms with Gasteiger partial charge in [-0.05, 0) is 93.5 Å². The highest BCUT2D eigenvalue weighted by Gasteiger charge is 2.58. The second kappa shape index (κ2) is 8.52. The summed E-state index contributed by atoms with van der Waals surface area (Å²) >= 11 is 0. The number of aliphatic hydroxyl groups excluding tert-OH is 1. The zero-order chi connectivity index (χ0) is 23.1. The van der Waals surface area contributed by atoms with Crippen LogP contribution in [0, 0.1) is 17.7 Å². The van der Waals surface area contributed by atoms with E-state index >= 15 is 0 Å². The van der Waals surface area contributed by atoms with Crippen molar-refractivity contribution in [3.05, 3.63) is 65.2 Å². The van der Waals surface area contributed by atoms with Crippen LogP contribution in [0.4, 0.5) is 4.39 Å². The molecule has 0 aliphatic heterocycles. The van der Waals surface area contributed by atoms with Gasteiger partial charge >= 0.3 is 0 Å². The number of aliphatic hydroxyl groups is 1. The molecule has 6 nitrogen and oxygen atoms in total. The summed E-state index contributed by atoms with van der Waals surface area (Å²) in [7, 11) is 0. The Morgan fingerprint density at radius 3 is 2.33 bits per heavy atom. The number of hydrogen-bond donors (Lipinski definition) is 3. The molecule has 4 bridgehead atoms. The molecule has 174 valence electrons. The SMILES string of the molecule is O=C(NC12CC3CC(C1)CC(NC(=O)c1cccc(CCCO)n1)(C3)C2)c1cccc(F)c1. The van der Waals surface area contributed by atoms with Crippen LogP contribution in [0.25, 0.3) is 0 Å². The van der Waals surface area contributed by atoms with E-state index in [0.717, 1.165) is 37.8 Å². The molecule has 1 heterocycles. The third-order valence-corrected chi connectivity index (χ3v) is 7.54. The van der Waals surface area contributed by atoms with Gasteiger partial charge in [-0.25, -0.2) is 9.37 Å². The van der Waals surface area contributed by atoms with E-state index in [1.54, 1.807) is 18.2 Å². The van der Waals surface area contributed by atoms with E-state index in [-0.39, 0.29) is 29.5 Å². The van der Waals surface area contributed by atoms with Crippen molar-refractivity contribution in [3.63, 3.8) is 0 Å². The minimum atomic E-state index is -0.425. The number of amides is 2. The Bertz CT molecular complexity index is 1060. The van der Waals surface area contributed by atoms with Crippen molar-refractivity contribution in [2.45, 2.75) is 62.4 Å². The van der Waals surface area contributed by atoms with Gasteiger partial charge in [-0.2, -0.15) is 0 Å². The molecular weight excluding hydrogens is 421 g/mol. The zero-order valence-electron chi connectivity index (χ0n) is 18.6. The molecule has 2 unspecified atom stereocenters. The average Bonchev–Trinajstić information content (AvgIpc) is 2.76. The molecule has 7 heteroatoms. The van der Waals surface area contributed by atoms with E-state index in [1.165, 1.54) is 12.1 Å². The van der Waals surface area contributed by atoms with Crippen LogP contribution in [-0.4, -0.2) is 39.6 Å². The predicted molar refractivity (Wildman–Crippen MR) is 121 cm³/mol. The number of hydrogen-bond acceptors (Lipinski definition) is 4. The molecule has 2 atom stereocenters. The number of halogens is 1. The maximum Gasteiger partial charge on any atom is 0.270 e. The Hall–Kier alpha value is -2.80. The topological polar surface area (TPSA) is 91.3 Å². The lowest BCUT2D eigenvalue weighted by Crippen LogP contribution is -2.69. The normalized spacial score (nSPS) is 29.6. The lowest BCUT2D eigenvalue weighted by Gasteiger charge is -2.62. The molecule has 0 spiro atoms. The molecule has 33 heavy (non-hydrogen) atoms. The molecule has 4 fully saturated rings. The Morgan fingerprint density at radius 1 is 1.00 bits per heavy atom. The molecular formula is C26H30FN3O3. The summed E-state index contributed by atoms with van der Waals surface area (Å²) in [6, 6.07) is 11.2. The third-order valence-electron chi connectivity index (χ3n) is 7.54. The van der Waals surface area contributed by atoms with Crippen LogP contribution in [0.15, 0.2) is 42.5 Å². The Kier molecular flexibility index (Phi) is 5.69. The molecule has 6 rings (SSSR count). The quantitative estimate of drug-likeness (QED) is 0.602. The first-order chi connectivity index (χ1) is 15.9. The van der Waals surface area contributed by atoms with Crippen LogP contribution in [0.1, 0.15) is 71.5 Å². The molecule has 1 aromatic carbocycles. The molecule has 1 aromatic heterocycles. The van der Waals surface area contributed by atoms with Gasteiger partial charge in [-0.1, -0.05) is 12.1 Å². The fraction of sp³-hybridized carbons (Fsp3) is 0.500. The fourth-order valence-electron chi connectivity index (χ4n) is 6.81. The number of aromatic nitrogens is 1. The summed E-state index contributed by atoms with van der Waals surface area (Å²) < 4.78 is 13.6. The summed E-state index contributed by atoms with van der Waals surface area (Å²) in [5.41, 5.74) is 0.767. The van der Waals surface area contributed by atoms with Gasteiger partial charge in [0.2, 0.25) is 0 Å². The number of aryl methyl sites for hydroxylation is 1. The van der Waals surface area contributed by atoms with Gasteiger partial charge < -0.3 is 15.7 Å². The van der Waals surface area contributed by atoms with Gasteiger partial charge in [0.15, 0.2) is 0 Å². The van der Waals surface area contributed by atoms with Gasteiger partial charge in [-0.3, -0.25) is 9.59 Å². The van der Waals surface area contributed by atoms with E-state index < -0.39 is 5.82 Å². The number of pyridine rings is 1. The van der Waals surface area contributed by atoms with Gasteiger partial charge in [0.1, 0.15) is 11.5 Å². The van der Waals surface area contributed by atoms with Crippen molar-refractivity contribution in [3.8, 4) is 0 Å². The van der Waals surface area contributed by atoms with Crippen molar-refractivity contribution in [2.75, 3.05) is 6.61 Å². The van der Waals surface area contributed by atoms with Gasteiger partial charge in [0.05, 0.1) is 0 Å². The minimum absolute atomic E-state index is 0.0907. The van der Waals surface area contributed by atoms with Crippen LogP contribution >= 0.6 is 0 Å². The maximum atomic E-state index is 13.6. The van der Waals surface area contributed by atoms with E-state index in [4.69, 9.17) is 5.11 Å². The highest BCUT2D eigenvalue weighted by atomic mass is 19.1. The first kappa shape index (κ1) is 22.0. The number of carbonyl (C=O) groups excluding carboxylic acids is 2. The zero-order valence-corrected chi connectivity index (χ0v) is 18.6. The van der Waals surface area contributed by atoms with Gasteiger partial charge in [0, 0.05) is 28.9 Å². The predicted octanol–water partition coefficient (Wildman–Crippen LogP) is 3.40. The second-order valence-corrected chi connectivity index (χ2v) is 10.3. The number of nitrogens with zero attached hydrogens (tertiary/aromatic N) is 1. The van der Waals surface area contributed by atoms with Crippen LogP contribution in [0.3, 0.4) is 0 Å². The van der Waals surface area contributed by atoms with Crippen molar-refractivity contribution >= 4 is 11.8 Å². The molecule has 4 aliphatic carbocycles. The minimum Gasteiger partial charge on any atom is -0.396 e. The summed E-state index contributed by atoms with van der Waals surface area (Å²) in [6.07, 6.45) is 6.68. The van der Waals surface area contributed by atoms with Crippen LogP contribution in [-0.2, 0) is 6.42 Å². The summed E-state index contributed by atoms with van der Waals surface area (Å²) in [5, 5.41) is 15.6. The first-order valence-corrected chi connectivity index (χ1v) is 11.9. The van der Waals surface area contributed by atoms with Gasteiger partial charge in [0.25, 0.3) is 11.8 Å². The molecule has 0 saturated heterocycles. The Labute approximate surface area is 193 Å². The molecule has 3 N–H and O–H groups in total. The number of nitrogens with one attached hydrogen (secondary N) is 2. The lowest BCUT2D eigenvalue weighted by molar-refractivity contribution is -0.0448. The lowest BCUT2D eigenvalue weighted by atomic mass is 9.49. The monoisotopic (exact) mass is 451 g/mol. The smallest absolute Gasteiger partial charge is 0.270 e. The van der Waals surface area contributed by atoms with E-state index in [9.17, 15) is 14.0 Å². The third kappa shape index (κ3) is 4.51. The highest BCUT2D eigenvalue weighted by molar-refractivity contribution is 5.95. The molecule has 0 radical (unpaired) electrons. The van der Waals surface area contributed by atoms with Crippen molar-refractivity contribution in [2.24, 2.45) is 11.8 Å².